The summed E-state index contributed by atoms with van der Waals surface area (Å²) in [7, 11) is 1.81. The molecule has 1 unspecified atom stereocenters. The molecule has 4 rings (SSSR count). The quantitative estimate of drug-likeness (QED) is 0.615. The van der Waals surface area contributed by atoms with Gasteiger partial charge in [0, 0.05) is 18.0 Å². The molecule has 1 aliphatic rings. The van der Waals surface area contributed by atoms with Crippen molar-refractivity contribution < 1.29 is 14.0 Å². The smallest absolute Gasteiger partial charge is 0.288 e. The zero-order valence-electron chi connectivity index (χ0n) is 17.3. The molecule has 9 heteroatoms. The van der Waals surface area contributed by atoms with Crippen LogP contribution in [0.3, 0.4) is 0 Å². The van der Waals surface area contributed by atoms with Crippen LogP contribution in [-0.2, 0) is 16.3 Å². The molecule has 1 aromatic heterocycles. The van der Waals surface area contributed by atoms with Crippen molar-refractivity contribution in [1.29, 1.82) is 0 Å². The Hall–Kier alpha value is -3.30. The lowest BCUT2D eigenvalue weighted by Crippen LogP contribution is -2.44. The van der Waals surface area contributed by atoms with E-state index < -0.39 is 0 Å². The number of nitrogens with zero attached hydrogens (tertiary/aromatic N) is 4. The summed E-state index contributed by atoms with van der Waals surface area (Å²) in [4.78, 5) is 29.1. The Morgan fingerprint density at radius 1 is 1.23 bits per heavy atom. The van der Waals surface area contributed by atoms with E-state index in [-0.39, 0.29) is 35.7 Å². The van der Waals surface area contributed by atoms with E-state index in [1.54, 1.807) is 15.6 Å². The number of nitrogens with one attached hydrogen (secondary N) is 1. The van der Waals surface area contributed by atoms with Crippen molar-refractivity contribution in [2.45, 2.75) is 26.1 Å². The predicted octanol–water partition coefficient (Wildman–Crippen LogP) is 3.53. The summed E-state index contributed by atoms with van der Waals surface area (Å²) in [6, 6.07) is 16.6. The Morgan fingerprint density at radius 2 is 1.94 bits per heavy atom. The Bertz CT molecular complexity index is 1160. The number of carbonyl (C=O) groups is 2. The van der Waals surface area contributed by atoms with Crippen LogP contribution in [0.15, 0.2) is 59.0 Å². The van der Waals surface area contributed by atoms with Crippen molar-refractivity contribution in [3.8, 4) is 11.5 Å². The van der Waals surface area contributed by atoms with Gasteiger partial charge < -0.3 is 14.6 Å². The van der Waals surface area contributed by atoms with Crippen LogP contribution in [0.5, 0.6) is 0 Å². The van der Waals surface area contributed by atoms with Crippen molar-refractivity contribution in [1.82, 2.24) is 14.7 Å². The van der Waals surface area contributed by atoms with E-state index in [0.29, 0.717) is 23.9 Å². The van der Waals surface area contributed by atoms with Crippen molar-refractivity contribution >= 4 is 35.4 Å². The maximum absolute atomic E-state index is 13.2. The van der Waals surface area contributed by atoms with Crippen LogP contribution in [0.2, 0.25) is 0 Å². The van der Waals surface area contributed by atoms with Crippen molar-refractivity contribution in [3.05, 3.63) is 59.4 Å². The summed E-state index contributed by atoms with van der Waals surface area (Å²) in [6.07, 6.45) is 0.235. The van der Waals surface area contributed by atoms with Crippen molar-refractivity contribution in [2.75, 3.05) is 23.8 Å². The Balaban J connectivity index is 1.50. The van der Waals surface area contributed by atoms with Gasteiger partial charge in [-0.25, -0.2) is 4.68 Å². The van der Waals surface area contributed by atoms with Gasteiger partial charge in [-0.15, -0.1) is 5.10 Å². The van der Waals surface area contributed by atoms with Crippen molar-refractivity contribution in [3.63, 3.8) is 0 Å². The van der Waals surface area contributed by atoms with Gasteiger partial charge in [-0.1, -0.05) is 30.3 Å². The van der Waals surface area contributed by atoms with Gasteiger partial charge >= 0.3 is 0 Å². The van der Waals surface area contributed by atoms with E-state index in [4.69, 9.17) is 16.6 Å². The van der Waals surface area contributed by atoms with Gasteiger partial charge in [-0.05, 0) is 50.5 Å². The molecular weight excluding hydrogens is 414 g/mol. The molecule has 3 aromatic rings. The number of hydrogen-bond donors (Lipinski definition) is 1. The van der Waals surface area contributed by atoms with Gasteiger partial charge in [-0.2, -0.15) is 0 Å². The molecule has 0 saturated carbocycles. The minimum Gasteiger partial charge on any atom is -0.409 e. The molecular formula is C22H23N5O3S. The summed E-state index contributed by atoms with van der Waals surface area (Å²) in [5.74, 6) is 0.216. The zero-order valence-corrected chi connectivity index (χ0v) is 18.1. The average molecular weight is 438 g/mol. The first-order chi connectivity index (χ1) is 14.9. The number of benzene rings is 2. The standard InChI is InChI=1S/C22H23N5O3S/c1-15-12-19(28)23-17-10-6-7-11-18(17)27(15)20(29)13-25(2)14-26-22(31)30-21(24-26)16-8-4-3-5-9-16/h3-11,15H,12-14H2,1-2H3,(H,23,28). The summed E-state index contributed by atoms with van der Waals surface area (Å²) < 4.78 is 7.17. The van der Waals surface area contributed by atoms with E-state index in [1.165, 1.54) is 0 Å². The third kappa shape index (κ3) is 4.57. The average Bonchev–Trinajstić information content (AvgIpc) is 3.03. The van der Waals surface area contributed by atoms with Gasteiger partial charge in [0.25, 0.3) is 4.84 Å². The second-order valence-corrected chi connectivity index (χ2v) is 7.93. The number of hydrogen-bond acceptors (Lipinski definition) is 6. The third-order valence-corrected chi connectivity index (χ3v) is 5.33. The molecule has 0 bridgehead atoms. The number of rotatable bonds is 5. The Labute approximate surface area is 185 Å². The molecule has 160 valence electrons. The van der Waals surface area contributed by atoms with Crippen LogP contribution in [0.4, 0.5) is 11.4 Å². The highest BCUT2D eigenvalue weighted by molar-refractivity contribution is 7.71. The minimum absolute atomic E-state index is 0.106. The number of amides is 2. The van der Waals surface area contributed by atoms with Crippen LogP contribution in [-0.4, -0.2) is 46.1 Å². The van der Waals surface area contributed by atoms with Crippen molar-refractivity contribution in [2.24, 2.45) is 0 Å². The molecule has 0 spiro atoms. The van der Waals surface area contributed by atoms with Crippen LogP contribution in [0, 0.1) is 4.84 Å². The maximum Gasteiger partial charge on any atom is 0.288 e. The highest BCUT2D eigenvalue weighted by Gasteiger charge is 2.30. The zero-order chi connectivity index (χ0) is 22.0. The highest BCUT2D eigenvalue weighted by atomic mass is 32.1. The summed E-state index contributed by atoms with van der Waals surface area (Å²) in [5, 5.41) is 7.31. The molecule has 8 nitrogen and oxygen atoms in total. The van der Waals surface area contributed by atoms with Gasteiger partial charge in [0.1, 0.15) is 0 Å². The minimum atomic E-state index is -0.261. The molecule has 1 N–H and O–H groups in total. The predicted molar refractivity (Wildman–Crippen MR) is 120 cm³/mol. The molecule has 0 radical (unpaired) electrons. The monoisotopic (exact) mass is 437 g/mol. The van der Waals surface area contributed by atoms with E-state index in [9.17, 15) is 9.59 Å². The third-order valence-electron chi connectivity index (χ3n) is 5.04. The summed E-state index contributed by atoms with van der Waals surface area (Å²) in [6.45, 7) is 2.30. The second-order valence-electron chi connectivity index (χ2n) is 7.58. The summed E-state index contributed by atoms with van der Waals surface area (Å²) >= 11 is 5.30. The first kappa shape index (κ1) is 21.0. The lowest BCUT2D eigenvalue weighted by molar-refractivity contribution is -0.120. The van der Waals surface area contributed by atoms with E-state index >= 15 is 0 Å². The Kier molecular flexibility index (Phi) is 5.97. The molecule has 31 heavy (non-hydrogen) atoms. The first-order valence-corrected chi connectivity index (χ1v) is 10.4. The van der Waals surface area contributed by atoms with Gasteiger partial charge in [0.05, 0.1) is 24.6 Å². The van der Waals surface area contributed by atoms with Gasteiger partial charge in [0.15, 0.2) is 0 Å². The number of anilines is 2. The number of aromatic nitrogens is 2. The number of para-hydroxylation sites is 2. The fourth-order valence-electron chi connectivity index (χ4n) is 3.65. The van der Waals surface area contributed by atoms with Crippen LogP contribution >= 0.6 is 12.2 Å². The normalized spacial score (nSPS) is 16.0. The van der Waals surface area contributed by atoms with E-state index in [1.807, 2.05) is 67.4 Å². The van der Waals surface area contributed by atoms with Crippen LogP contribution in [0.1, 0.15) is 13.3 Å². The topological polar surface area (TPSA) is 83.6 Å². The fourth-order valence-corrected chi connectivity index (χ4v) is 3.82. The maximum atomic E-state index is 13.2. The fraction of sp³-hybridized carbons (Fsp3) is 0.273. The number of likely N-dealkylation sites (N-methyl/N-ethyl adjacent to an activating group) is 1. The molecule has 0 fully saturated rings. The number of fused-ring (bicyclic) bond motifs is 1. The number of carbonyl (C=O) groups excluding carboxylic acids is 2. The molecule has 2 aromatic carbocycles. The SMILES string of the molecule is CC1CC(=O)Nc2ccccc2N1C(=O)CN(C)Cn1nc(-c2ccccc2)oc1=S. The van der Waals surface area contributed by atoms with Crippen LogP contribution < -0.4 is 10.2 Å². The Morgan fingerprint density at radius 3 is 2.71 bits per heavy atom. The molecule has 0 aliphatic carbocycles. The molecule has 0 saturated heterocycles. The molecule has 2 amide bonds. The van der Waals surface area contributed by atoms with Gasteiger partial charge in [0.2, 0.25) is 17.7 Å². The van der Waals surface area contributed by atoms with Crippen LogP contribution in [0.25, 0.3) is 11.5 Å². The highest BCUT2D eigenvalue weighted by Crippen LogP contribution is 2.31. The first-order valence-electron chi connectivity index (χ1n) is 9.95. The second kappa shape index (κ2) is 8.83. The van der Waals surface area contributed by atoms with E-state index in [0.717, 1.165) is 5.56 Å². The summed E-state index contributed by atoms with van der Waals surface area (Å²) in [5.41, 5.74) is 2.17. The largest absolute Gasteiger partial charge is 0.409 e. The lowest BCUT2D eigenvalue weighted by Gasteiger charge is -2.29. The van der Waals surface area contributed by atoms with E-state index in [2.05, 4.69) is 10.4 Å². The molecule has 1 aliphatic heterocycles. The van der Waals surface area contributed by atoms with Gasteiger partial charge in [-0.3, -0.25) is 14.5 Å². The lowest BCUT2D eigenvalue weighted by atomic mass is 10.1. The molecule has 2 heterocycles. The molecule has 1 atom stereocenters.